The molecule has 0 spiro atoms. The Morgan fingerprint density at radius 2 is 1.43 bits per heavy atom. The summed E-state index contributed by atoms with van der Waals surface area (Å²) in [7, 11) is 0. The van der Waals surface area contributed by atoms with Crippen molar-refractivity contribution in [3.8, 4) is 5.75 Å². The van der Waals surface area contributed by atoms with E-state index in [1.165, 1.54) is 0 Å². The Labute approximate surface area is 177 Å². The van der Waals surface area contributed by atoms with Crippen molar-refractivity contribution in [3.05, 3.63) is 90.0 Å². The lowest BCUT2D eigenvalue weighted by molar-refractivity contribution is -0.118. The number of nitrogens with one attached hydrogen (secondary N) is 2. The van der Waals surface area contributed by atoms with Crippen molar-refractivity contribution in [3.63, 3.8) is 0 Å². The van der Waals surface area contributed by atoms with Gasteiger partial charge in [-0.15, -0.1) is 0 Å². The highest BCUT2D eigenvalue weighted by atomic mass is 16.5. The van der Waals surface area contributed by atoms with Gasteiger partial charge in [-0.2, -0.15) is 0 Å². The largest absolute Gasteiger partial charge is 0.483 e. The zero-order valence-corrected chi connectivity index (χ0v) is 17.4. The van der Waals surface area contributed by atoms with Crippen molar-refractivity contribution in [2.24, 2.45) is 0 Å². The Hall–Kier alpha value is -3.60. The fourth-order valence-corrected chi connectivity index (χ4v) is 3.05. The quantitative estimate of drug-likeness (QED) is 0.591. The third kappa shape index (κ3) is 5.47. The summed E-state index contributed by atoms with van der Waals surface area (Å²) in [5.74, 6) is 0.0463. The van der Waals surface area contributed by atoms with E-state index >= 15 is 0 Å². The Balaban J connectivity index is 1.68. The third-order valence-corrected chi connectivity index (χ3v) is 4.53. The molecule has 0 saturated heterocycles. The monoisotopic (exact) mass is 402 g/mol. The maximum atomic E-state index is 12.7. The van der Waals surface area contributed by atoms with Crippen molar-refractivity contribution >= 4 is 23.2 Å². The molecule has 0 saturated carbocycles. The minimum atomic E-state index is -0.335. The van der Waals surface area contributed by atoms with Crippen LogP contribution < -0.4 is 15.4 Å². The first-order valence-electron chi connectivity index (χ1n) is 9.82. The molecule has 3 rings (SSSR count). The lowest BCUT2D eigenvalue weighted by Crippen LogP contribution is -2.23. The first kappa shape index (κ1) is 21.1. The Morgan fingerprint density at radius 1 is 0.800 bits per heavy atom. The highest BCUT2D eigenvalue weighted by Crippen LogP contribution is 2.30. The number of hydrogen-bond donors (Lipinski definition) is 2. The molecule has 2 amide bonds. The smallest absolute Gasteiger partial charge is 0.262 e. The molecule has 0 aliphatic rings. The van der Waals surface area contributed by atoms with Crippen molar-refractivity contribution < 1.29 is 14.3 Å². The van der Waals surface area contributed by atoms with Crippen LogP contribution in [0.25, 0.3) is 0 Å². The van der Waals surface area contributed by atoms with Gasteiger partial charge in [-0.1, -0.05) is 69.3 Å². The SMILES string of the molecule is CC(C)(C)c1ccccc1OCC(=O)Nc1ccccc1C(=O)Nc1ccccc1. The maximum Gasteiger partial charge on any atom is 0.262 e. The van der Waals surface area contributed by atoms with Gasteiger partial charge in [-0.25, -0.2) is 0 Å². The number of carbonyl (C=O) groups is 2. The number of amides is 2. The molecular formula is C25H26N2O3. The van der Waals surface area contributed by atoms with Gasteiger partial charge in [0.1, 0.15) is 5.75 Å². The lowest BCUT2D eigenvalue weighted by atomic mass is 9.86. The van der Waals surface area contributed by atoms with E-state index in [1.54, 1.807) is 36.4 Å². The summed E-state index contributed by atoms with van der Waals surface area (Å²) in [6.45, 7) is 6.13. The van der Waals surface area contributed by atoms with Crippen LogP contribution in [0.3, 0.4) is 0 Å². The standard InChI is InChI=1S/C25H26N2O3/c1-25(2,3)20-14-8-10-16-22(20)30-17-23(28)27-21-15-9-7-13-19(21)24(29)26-18-11-5-4-6-12-18/h4-16H,17H2,1-3H3,(H,26,29)(H,27,28). The highest BCUT2D eigenvalue weighted by Gasteiger charge is 2.19. The van der Waals surface area contributed by atoms with Crippen molar-refractivity contribution in [1.82, 2.24) is 0 Å². The van der Waals surface area contributed by atoms with E-state index in [4.69, 9.17) is 4.74 Å². The molecule has 0 aromatic heterocycles. The lowest BCUT2D eigenvalue weighted by Gasteiger charge is -2.22. The average Bonchev–Trinajstić information content (AvgIpc) is 2.73. The molecule has 0 radical (unpaired) electrons. The zero-order chi connectivity index (χ0) is 21.6. The molecule has 5 heteroatoms. The van der Waals surface area contributed by atoms with E-state index in [2.05, 4.69) is 31.4 Å². The number of carbonyl (C=O) groups excluding carboxylic acids is 2. The van der Waals surface area contributed by atoms with E-state index in [0.29, 0.717) is 22.7 Å². The van der Waals surface area contributed by atoms with Crippen LogP contribution in [0.1, 0.15) is 36.7 Å². The first-order valence-corrected chi connectivity index (χ1v) is 9.82. The molecule has 30 heavy (non-hydrogen) atoms. The summed E-state index contributed by atoms with van der Waals surface area (Å²) in [4.78, 5) is 25.2. The highest BCUT2D eigenvalue weighted by molar-refractivity contribution is 6.10. The summed E-state index contributed by atoms with van der Waals surface area (Å²) in [5.41, 5.74) is 2.43. The predicted molar refractivity (Wildman–Crippen MR) is 120 cm³/mol. The van der Waals surface area contributed by atoms with E-state index in [9.17, 15) is 9.59 Å². The van der Waals surface area contributed by atoms with Gasteiger partial charge in [0.15, 0.2) is 6.61 Å². The predicted octanol–water partition coefficient (Wildman–Crippen LogP) is 5.25. The summed E-state index contributed by atoms with van der Waals surface area (Å²) in [6, 6.07) is 23.8. The summed E-state index contributed by atoms with van der Waals surface area (Å²) >= 11 is 0. The number of ether oxygens (including phenoxy) is 1. The van der Waals surface area contributed by atoms with Gasteiger partial charge < -0.3 is 15.4 Å². The minimum absolute atomic E-state index is 0.102. The van der Waals surface area contributed by atoms with Crippen LogP contribution in [0.4, 0.5) is 11.4 Å². The van der Waals surface area contributed by atoms with Crippen LogP contribution in [0.5, 0.6) is 5.75 Å². The zero-order valence-electron chi connectivity index (χ0n) is 17.4. The van der Waals surface area contributed by atoms with Crippen LogP contribution in [0.2, 0.25) is 0 Å². The third-order valence-electron chi connectivity index (χ3n) is 4.53. The van der Waals surface area contributed by atoms with E-state index in [1.807, 2.05) is 42.5 Å². The molecule has 0 unspecified atom stereocenters. The number of hydrogen-bond acceptors (Lipinski definition) is 3. The van der Waals surface area contributed by atoms with E-state index < -0.39 is 0 Å². The van der Waals surface area contributed by atoms with E-state index in [0.717, 1.165) is 5.56 Å². The van der Waals surface area contributed by atoms with Crippen molar-refractivity contribution in [2.75, 3.05) is 17.2 Å². The second kappa shape index (κ2) is 9.27. The van der Waals surface area contributed by atoms with Gasteiger partial charge in [0.2, 0.25) is 0 Å². The Morgan fingerprint density at radius 3 is 2.17 bits per heavy atom. The van der Waals surface area contributed by atoms with Gasteiger partial charge in [0, 0.05) is 5.69 Å². The molecule has 3 aromatic rings. The van der Waals surface area contributed by atoms with Crippen molar-refractivity contribution in [1.29, 1.82) is 0 Å². The average molecular weight is 402 g/mol. The number of para-hydroxylation sites is 3. The molecule has 0 fully saturated rings. The van der Waals surface area contributed by atoms with Gasteiger partial charge >= 0.3 is 0 Å². The molecule has 154 valence electrons. The molecule has 3 aromatic carbocycles. The van der Waals surface area contributed by atoms with Crippen LogP contribution in [-0.2, 0) is 10.2 Å². The fourth-order valence-electron chi connectivity index (χ4n) is 3.05. The molecule has 2 N–H and O–H groups in total. The van der Waals surface area contributed by atoms with Gasteiger partial charge in [-0.3, -0.25) is 9.59 Å². The summed E-state index contributed by atoms with van der Waals surface area (Å²) < 4.78 is 5.78. The second-order valence-electron chi connectivity index (χ2n) is 7.95. The minimum Gasteiger partial charge on any atom is -0.483 e. The summed E-state index contributed by atoms with van der Waals surface area (Å²) in [6.07, 6.45) is 0. The van der Waals surface area contributed by atoms with Gasteiger partial charge in [0.25, 0.3) is 11.8 Å². The molecule has 0 atom stereocenters. The van der Waals surface area contributed by atoms with Crippen LogP contribution >= 0.6 is 0 Å². The fraction of sp³-hybridized carbons (Fsp3) is 0.200. The first-order chi connectivity index (χ1) is 14.3. The normalized spacial score (nSPS) is 10.9. The van der Waals surface area contributed by atoms with Crippen LogP contribution in [0, 0.1) is 0 Å². The topological polar surface area (TPSA) is 67.4 Å². The summed E-state index contributed by atoms with van der Waals surface area (Å²) in [5, 5.41) is 5.61. The Kier molecular flexibility index (Phi) is 6.52. The maximum absolute atomic E-state index is 12.7. The second-order valence-corrected chi connectivity index (χ2v) is 7.95. The Bertz CT molecular complexity index is 1020. The number of rotatable bonds is 6. The molecule has 0 aliphatic heterocycles. The van der Waals surface area contributed by atoms with Crippen molar-refractivity contribution in [2.45, 2.75) is 26.2 Å². The van der Waals surface area contributed by atoms with Crippen LogP contribution in [-0.4, -0.2) is 18.4 Å². The number of benzene rings is 3. The van der Waals surface area contributed by atoms with Gasteiger partial charge in [-0.05, 0) is 41.3 Å². The van der Waals surface area contributed by atoms with Crippen LogP contribution in [0.15, 0.2) is 78.9 Å². The molecule has 5 nitrogen and oxygen atoms in total. The molecular weight excluding hydrogens is 376 g/mol. The molecule has 0 aliphatic carbocycles. The number of anilines is 2. The molecule has 0 bridgehead atoms. The molecule has 0 heterocycles. The van der Waals surface area contributed by atoms with Gasteiger partial charge in [0.05, 0.1) is 11.3 Å². The van der Waals surface area contributed by atoms with E-state index in [-0.39, 0.29) is 23.8 Å².